The van der Waals surface area contributed by atoms with E-state index in [4.69, 9.17) is 10.8 Å². The molecule has 6 nitrogen and oxygen atoms in total. The van der Waals surface area contributed by atoms with E-state index in [1.54, 1.807) is 17.4 Å². The Kier molecular flexibility index (Phi) is 4.35. The lowest BCUT2D eigenvalue weighted by Crippen LogP contribution is -2.34. The SMILES string of the molecule is Nc1c(NC(=O)/C=C/c2ccsc2)sc2c1CCN(C(=O)O)C2. The number of nitrogens with zero attached hydrogens (tertiary/aromatic N) is 1. The highest BCUT2D eigenvalue weighted by molar-refractivity contribution is 7.17. The lowest BCUT2D eigenvalue weighted by molar-refractivity contribution is -0.111. The summed E-state index contributed by atoms with van der Waals surface area (Å²) in [6.45, 7) is 0.745. The van der Waals surface area contributed by atoms with Crippen molar-refractivity contribution in [3.05, 3.63) is 38.9 Å². The average molecular weight is 349 g/mol. The molecule has 0 aliphatic carbocycles. The van der Waals surface area contributed by atoms with Crippen molar-refractivity contribution in [2.24, 2.45) is 0 Å². The first kappa shape index (κ1) is 15.6. The Morgan fingerprint density at radius 1 is 1.43 bits per heavy atom. The molecule has 23 heavy (non-hydrogen) atoms. The Balaban J connectivity index is 1.72. The molecule has 0 saturated carbocycles. The van der Waals surface area contributed by atoms with E-state index < -0.39 is 6.09 Å². The van der Waals surface area contributed by atoms with E-state index in [-0.39, 0.29) is 5.91 Å². The minimum absolute atomic E-state index is 0.253. The van der Waals surface area contributed by atoms with Crippen LogP contribution in [0.2, 0.25) is 0 Å². The quantitative estimate of drug-likeness (QED) is 0.742. The molecular weight excluding hydrogens is 334 g/mol. The number of anilines is 2. The molecular formula is C15H15N3O3S2. The van der Waals surface area contributed by atoms with Gasteiger partial charge in [0.05, 0.1) is 12.2 Å². The van der Waals surface area contributed by atoms with E-state index in [1.807, 2.05) is 16.8 Å². The molecule has 0 fully saturated rings. The highest BCUT2D eigenvalue weighted by Crippen LogP contribution is 2.39. The molecule has 0 bridgehead atoms. The van der Waals surface area contributed by atoms with Crippen molar-refractivity contribution >= 4 is 51.4 Å². The largest absolute Gasteiger partial charge is 0.465 e. The Hall–Kier alpha value is -2.32. The summed E-state index contributed by atoms with van der Waals surface area (Å²) in [6.07, 6.45) is 2.84. The topological polar surface area (TPSA) is 95.7 Å². The first-order valence-electron chi connectivity index (χ1n) is 6.93. The number of hydrogen-bond acceptors (Lipinski definition) is 5. The monoisotopic (exact) mass is 349 g/mol. The van der Waals surface area contributed by atoms with E-state index >= 15 is 0 Å². The molecule has 0 saturated heterocycles. The summed E-state index contributed by atoms with van der Waals surface area (Å²) in [4.78, 5) is 25.3. The molecule has 2 amide bonds. The van der Waals surface area contributed by atoms with Gasteiger partial charge in [0.25, 0.3) is 0 Å². The van der Waals surface area contributed by atoms with Crippen molar-refractivity contribution in [3.8, 4) is 0 Å². The summed E-state index contributed by atoms with van der Waals surface area (Å²) >= 11 is 2.91. The third-order valence-electron chi connectivity index (χ3n) is 3.58. The number of amides is 2. The van der Waals surface area contributed by atoms with E-state index in [9.17, 15) is 9.59 Å². The molecule has 0 unspecified atom stereocenters. The van der Waals surface area contributed by atoms with Crippen molar-refractivity contribution < 1.29 is 14.7 Å². The number of thiophene rings is 2. The minimum Gasteiger partial charge on any atom is -0.465 e. The Labute approximate surface area is 140 Å². The Morgan fingerprint density at radius 2 is 2.26 bits per heavy atom. The minimum atomic E-state index is -0.938. The van der Waals surface area contributed by atoms with Crippen LogP contribution >= 0.6 is 22.7 Å². The fraction of sp³-hybridized carbons (Fsp3) is 0.200. The van der Waals surface area contributed by atoms with Crippen molar-refractivity contribution in [1.29, 1.82) is 0 Å². The molecule has 0 atom stereocenters. The van der Waals surface area contributed by atoms with Crippen LogP contribution in [0.5, 0.6) is 0 Å². The first-order chi connectivity index (χ1) is 11.0. The van der Waals surface area contributed by atoms with Crippen LogP contribution in [0.4, 0.5) is 15.5 Å². The van der Waals surface area contributed by atoms with Crippen LogP contribution in [0.1, 0.15) is 16.0 Å². The summed E-state index contributed by atoms with van der Waals surface area (Å²) in [7, 11) is 0. The predicted octanol–water partition coefficient (Wildman–Crippen LogP) is 3.08. The van der Waals surface area contributed by atoms with Crippen LogP contribution in [0, 0.1) is 0 Å². The van der Waals surface area contributed by atoms with Crippen molar-refractivity contribution in [1.82, 2.24) is 4.90 Å². The van der Waals surface area contributed by atoms with Crippen LogP contribution in [-0.4, -0.2) is 28.6 Å². The molecule has 1 aliphatic rings. The highest BCUT2D eigenvalue weighted by atomic mass is 32.1. The number of rotatable bonds is 3. The molecule has 2 aromatic heterocycles. The van der Waals surface area contributed by atoms with Crippen molar-refractivity contribution in [2.45, 2.75) is 13.0 Å². The van der Waals surface area contributed by atoms with Gasteiger partial charge in [-0.2, -0.15) is 11.3 Å². The molecule has 0 aromatic carbocycles. The number of nitrogens with two attached hydrogens (primary N) is 1. The van der Waals surface area contributed by atoms with Crippen LogP contribution < -0.4 is 11.1 Å². The Bertz CT molecular complexity index is 765. The Morgan fingerprint density at radius 3 is 2.96 bits per heavy atom. The van der Waals surface area contributed by atoms with Gasteiger partial charge in [0.15, 0.2) is 0 Å². The van der Waals surface area contributed by atoms with Crippen molar-refractivity contribution in [2.75, 3.05) is 17.6 Å². The fourth-order valence-corrected chi connectivity index (χ4v) is 4.19. The van der Waals surface area contributed by atoms with Crippen LogP contribution in [0.3, 0.4) is 0 Å². The number of fused-ring (bicyclic) bond motifs is 1. The maximum Gasteiger partial charge on any atom is 0.407 e. The smallest absolute Gasteiger partial charge is 0.407 e. The number of carboxylic acid groups (broad SMARTS) is 1. The summed E-state index contributed by atoms with van der Waals surface area (Å²) < 4.78 is 0. The molecule has 3 heterocycles. The zero-order valence-corrected chi connectivity index (χ0v) is 13.7. The van der Waals surface area contributed by atoms with Gasteiger partial charge in [-0.05, 0) is 40.5 Å². The van der Waals surface area contributed by atoms with E-state index in [0.717, 1.165) is 16.0 Å². The number of nitrogens with one attached hydrogen (secondary N) is 1. The molecule has 120 valence electrons. The molecule has 8 heteroatoms. The lowest BCUT2D eigenvalue weighted by atomic mass is 10.1. The molecule has 1 aliphatic heterocycles. The zero-order chi connectivity index (χ0) is 16.4. The normalized spacial score (nSPS) is 14.0. The molecule has 4 N–H and O–H groups in total. The lowest BCUT2D eigenvalue weighted by Gasteiger charge is -2.23. The zero-order valence-electron chi connectivity index (χ0n) is 12.1. The third kappa shape index (κ3) is 3.38. The van der Waals surface area contributed by atoms with Gasteiger partial charge in [0.1, 0.15) is 5.00 Å². The van der Waals surface area contributed by atoms with Gasteiger partial charge in [-0.3, -0.25) is 4.79 Å². The number of hydrogen-bond donors (Lipinski definition) is 3. The second-order valence-corrected chi connectivity index (χ2v) is 6.97. The summed E-state index contributed by atoms with van der Waals surface area (Å²) in [5, 5.41) is 16.3. The fourth-order valence-electron chi connectivity index (χ4n) is 2.38. The van der Waals surface area contributed by atoms with Gasteiger partial charge in [-0.25, -0.2) is 4.79 Å². The second-order valence-electron chi connectivity index (χ2n) is 5.08. The summed E-state index contributed by atoms with van der Waals surface area (Å²) in [5.74, 6) is -0.253. The molecule has 2 aromatic rings. The highest BCUT2D eigenvalue weighted by Gasteiger charge is 2.25. The number of carbonyl (C=O) groups is 2. The standard InChI is InChI=1S/C15H15N3O3S2/c16-13-10-3-5-18(15(20)21)7-11(10)23-14(13)17-12(19)2-1-9-4-6-22-8-9/h1-2,4,6,8H,3,5,7,16H2,(H,17,19)(H,20,21)/b2-1+. The van der Waals surface area contributed by atoms with E-state index in [1.165, 1.54) is 22.3 Å². The summed E-state index contributed by atoms with van der Waals surface area (Å²) in [6, 6.07) is 1.92. The molecule has 3 rings (SSSR count). The van der Waals surface area contributed by atoms with Crippen LogP contribution in [0.25, 0.3) is 6.08 Å². The average Bonchev–Trinajstić information content (AvgIpc) is 3.14. The van der Waals surface area contributed by atoms with Gasteiger partial charge < -0.3 is 21.1 Å². The number of carbonyl (C=O) groups excluding carboxylic acids is 1. The van der Waals surface area contributed by atoms with Crippen LogP contribution in [0.15, 0.2) is 22.9 Å². The summed E-state index contributed by atoms with van der Waals surface area (Å²) in [5.41, 5.74) is 8.56. The van der Waals surface area contributed by atoms with Gasteiger partial charge >= 0.3 is 6.09 Å². The molecule has 0 spiro atoms. The maximum absolute atomic E-state index is 12.0. The van der Waals surface area contributed by atoms with Crippen LogP contribution in [-0.2, 0) is 17.8 Å². The predicted molar refractivity (Wildman–Crippen MR) is 92.9 cm³/mol. The number of nitrogen functional groups attached to an aromatic ring is 1. The van der Waals surface area contributed by atoms with Gasteiger partial charge in [-0.15, -0.1) is 11.3 Å². The van der Waals surface area contributed by atoms with Gasteiger partial charge in [-0.1, -0.05) is 0 Å². The second kappa shape index (κ2) is 6.43. The van der Waals surface area contributed by atoms with Gasteiger partial charge in [0, 0.05) is 17.5 Å². The van der Waals surface area contributed by atoms with E-state index in [0.29, 0.717) is 30.2 Å². The third-order valence-corrected chi connectivity index (χ3v) is 5.42. The first-order valence-corrected chi connectivity index (χ1v) is 8.69. The van der Waals surface area contributed by atoms with Gasteiger partial charge in [0.2, 0.25) is 5.91 Å². The maximum atomic E-state index is 12.0. The van der Waals surface area contributed by atoms with E-state index in [2.05, 4.69) is 5.32 Å². The van der Waals surface area contributed by atoms with Crippen molar-refractivity contribution in [3.63, 3.8) is 0 Å². The molecule has 0 radical (unpaired) electrons.